The van der Waals surface area contributed by atoms with Gasteiger partial charge in [0.05, 0.1) is 0 Å². The Kier molecular flexibility index (Phi) is 3.95. The molecule has 0 bridgehead atoms. The smallest absolute Gasteiger partial charge is 0.374 e. The summed E-state index contributed by atoms with van der Waals surface area (Å²) in [5, 5.41) is 10.3. The second-order valence-corrected chi connectivity index (χ2v) is 4.66. The zero-order chi connectivity index (χ0) is 16.6. The van der Waals surface area contributed by atoms with Crippen LogP contribution in [0.2, 0.25) is 0 Å². The van der Waals surface area contributed by atoms with Crippen molar-refractivity contribution in [3.63, 3.8) is 0 Å². The molecule has 1 N–H and O–H groups in total. The molecule has 1 nitrogen and oxygen atoms in total. The van der Waals surface area contributed by atoms with E-state index in [9.17, 15) is 31.4 Å². The molecule has 2 aromatic carbocycles. The van der Waals surface area contributed by atoms with Crippen molar-refractivity contribution in [2.75, 3.05) is 0 Å². The van der Waals surface area contributed by atoms with E-state index in [0.717, 1.165) is 12.1 Å². The van der Waals surface area contributed by atoms with Crippen molar-refractivity contribution in [1.82, 2.24) is 0 Å². The molecule has 0 aliphatic rings. The van der Waals surface area contributed by atoms with Gasteiger partial charge >= 0.3 is 12.1 Å². The van der Waals surface area contributed by atoms with Gasteiger partial charge in [-0.3, -0.25) is 0 Å². The highest BCUT2D eigenvalue weighted by Gasteiger charge is 2.71. The van der Waals surface area contributed by atoms with Crippen LogP contribution in [0.5, 0.6) is 0 Å². The molecule has 0 saturated heterocycles. The summed E-state index contributed by atoms with van der Waals surface area (Å²) in [6, 6.07) is 8.54. The summed E-state index contributed by atoms with van der Waals surface area (Å²) in [5.74, 6) is -6.30. The molecule has 0 amide bonds. The maximum Gasteiger partial charge on any atom is 0.457 e. The maximum atomic E-state index is 14.0. The molecule has 0 aliphatic heterocycles. The highest BCUT2D eigenvalue weighted by molar-refractivity contribution is 5.39. The summed E-state index contributed by atoms with van der Waals surface area (Å²) in [4.78, 5) is 0. The largest absolute Gasteiger partial charge is 0.457 e. The third kappa shape index (κ3) is 2.45. The van der Waals surface area contributed by atoms with E-state index in [1.165, 1.54) is 18.2 Å². The fourth-order valence-electron chi connectivity index (χ4n) is 2.10. The average Bonchev–Trinajstić information content (AvgIpc) is 2.46. The van der Waals surface area contributed by atoms with Crippen molar-refractivity contribution in [1.29, 1.82) is 0 Å². The predicted octanol–water partition coefficient (Wildman–Crippen LogP) is 4.26. The maximum absolute atomic E-state index is 14.0. The summed E-state index contributed by atoms with van der Waals surface area (Å²) in [7, 11) is 0. The molecule has 22 heavy (non-hydrogen) atoms. The zero-order valence-electron chi connectivity index (χ0n) is 10.9. The molecular formula is C15H10F6O. The quantitative estimate of drug-likeness (QED) is 0.838. The predicted molar refractivity (Wildman–Crippen MR) is 66.8 cm³/mol. The Morgan fingerprint density at radius 1 is 0.682 bits per heavy atom. The van der Waals surface area contributed by atoms with Crippen LogP contribution in [0.4, 0.5) is 26.3 Å². The lowest BCUT2D eigenvalue weighted by Crippen LogP contribution is -2.55. The van der Waals surface area contributed by atoms with Crippen molar-refractivity contribution in [3.8, 4) is 0 Å². The van der Waals surface area contributed by atoms with Crippen LogP contribution in [0.25, 0.3) is 0 Å². The molecule has 1 unspecified atom stereocenters. The molecular weight excluding hydrogens is 310 g/mol. The van der Waals surface area contributed by atoms with Crippen LogP contribution in [0.3, 0.4) is 0 Å². The van der Waals surface area contributed by atoms with Gasteiger partial charge in [-0.25, -0.2) is 4.39 Å². The van der Waals surface area contributed by atoms with Gasteiger partial charge in [0.2, 0.25) is 0 Å². The van der Waals surface area contributed by atoms with E-state index in [4.69, 9.17) is 0 Å². The minimum absolute atomic E-state index is 0.649. The van der Waals surface area contributed by atoms with Crippen molar-refractivity contribution in [3.05, 3.63) is 71.5 Å². The Morgan fingerprint density at radius 3 is 1.59 bits per heavy atom. The van der Waals surface area contributed by atoms with Crippen LogP contribution in [0.15, 0.2) is 54.6 Å². The molecule has 2 rings (SSSR count). The second kappa shape index (κ2) is 5.31. The molecule has 0 spiro atoms. The lowest BCUT2D eigenvalue weighted by Gasteiger charge is -2.37. The fourth-order valence-corrected chi connectivity index (χ4v) is 2.10. The molecule has 118 valence electrons. The van der Waals surface area contributed by atoms with E-state index in [-0.39, 0.29) is 0 Å². The molecule has 0 saturated carbocycles. The van der Waals surface area contributed by atoms with Gasteiger partial charge in [-0.05, 0) is 23.3 Å². The van der Waals surface area contributed by atoms with Gasteiger partial charge < -0.3 is 5.11 Å². The van der Waals surface area contributed by atoms with Gasteiger partial charge in [-0.15, -0.1) is 0 Å². The number of halogens is 6. The minimum Gasteiger partial charge on any atom is -0.374 e. The summed E-state index contributed by atoms with van der Waals surface area (Å²) in [6.07, 6.45) is -5.99. The fraction of sp³-hybridized carbons (Fsp3) is 0.200. The molecule has 0 aliphatic carbocycles. The molecule has 0 radical (unpaired) electrons. The monoisotopic (exact) mass is 320 g/mol. The third-order valence-corrected chi connectivity index (χ3v) is 3.26. The van der Waals surface area contributed by atoms with Crippen molar-refractivity contribution in [2.24, 2.45) is 0 Å². The van der Waals surface area contributed by atoms with E-state index in [1.54, 1.807) is 0 Å². The number of aliphatic hydroxyl groups is 1. The minimum atomic E-state index is -5.99. The van der Waals surface area contributed by atoms with E-state index in [2.05, 4.69) is 0 Å². The van der Waals surface area contributed by atoms with Crippen molar-refractivity contribution >= 4 is 0 Å². The van der Waals surface area contributed by atoms with Gasteiger partial charge in [-0.2, -0.15) is 22.0 Å². The van der Waals surface area contributed by atoms with Crippen LogP contribution in [-0.2, 0) is 5.60 Å². The third-order valence-electron chi connectivity index (χ3n) is 3.26. The van der Waals surface area contributed by atoms with Crippen LogP contribution in [0.1, 0.15) is 11.1 Å². The van der Waals surface area contributed by atoms with Crippen molar-refractivity contribution < 1.29 is 31.4 Å². The summed E-state index contributed by atoms with van der Waals surface area (Å²) < 4.78 is 79.3. The lowest BCUT2D eigenvalue weighted by molar-refractivity contribution is -0.336. The van der Waals surface area contributed by atoms with Gasteiger partial charge in [0.25, 0.3) is 0 Å². The van der Waals surface area contributed by atoms with Gasteiger partial charge in [0.15, 0.2) is 5.60 Å². The summed E-state index contributed by atoms with van der Waals surface area (Å²) >= 11 is 0. The number of hydrogen-bond donors (Lipinski definition) is 1. The van der Waals surface area contributed by atoms with Gasteiger partial charge in [0, 0.05) is 0 Å². The molecule has 0 aromatic heterocycles. The Morgan fingerprint density at radius 2 is 1.14 bits per heavy atom. The van der Waals surface area contributed by atoms with E-state index < -0.39 is 34.6 Å². The summed E-state index contributed by atoms with van der Waals surface area (Å²) in [5.41, 5.74) is -5.08. The standard InChI is InChI=1S/C15H10F6O/c16-12-8-6-11(7-9-12)13(22,10-4-2-1-3-5-10)14(17,18)15(19,20)21/h1-9,22H. The normalized spacial score (nSPS) is 15.4. The topological polar surface area (TPSA) is 20.2 Å². The lowest BCUT2D eigenvalue weighted by atomic mass is 9.80. The van der Waals surface area contributed by atoms with Crippen LogP contribution >= 0.6 is 0 Å². The first-order chi connectivity index (χ1) is 10.1. The number of rotatable bonds is 3. The molecule has 1 atom stereocenters. The highest BCUT2D eigenvalue weighted by Crippen LogP contribution is 2.51. The van der Waals surface area contributed by atoms with Crippen LogP contribution in [-0.4, -0.2) is 17.2 Å². The van der Waals surface area contributed by atoms with E-state index in [0.29, 0.717) is 24.3 Å². The first-order valence-corrected chi connectivity index (χ1v) is 6.09. The molecule has 0 fully saturated rings. The Labute approximate surface area is 121 Å². The Bertz CT molecular complexity index is 635. The zero-order valence-corrected chi connectivity index (χ0v) is 10.9. The first kappa shape index (κ1) is 16.4. The summed E-state index contributed by atoms with van der Waals surface area (Å²) in [6.45, 7) is 0. The van der Waals surface area contributed by atoms with Crippen LogP contribution in [0, 0.1) is 5.82 Å². The number of hydrogen-bond acceptors (Lipinski definition) is 1. The van der Waals surface area contributed by atoms with E-state index in [1.807, 2.05) is 0 Å². The van der Waals surface area contributed by atoms with E-state index >= 15 is 0 Å². The second-order valence-electron chi connectivity index (χ2n) is 4.66. The van der Waals surface area contributed by atoms with Gasteiger partial charge in [-0.1, -0.05) is 42.5 Å². The molecule has 2 aromatic rings. The van der Waals surface area contributed by atoms with Crippen molar-refractivity contribution in [2.45, 2.75) is 17.7 Å². The Balaban J connectivity index is 2.73. The SMILES string of the molecule is OC(c1ccccc1)(c1ccc(F)cc1)C(F)(F)C(F)(F)F. The number of benzene rings is 2. The van der Waals surface area contributed by atoms with Gasteiger partial charge in [0.1, 0.15) is 5.82 Å². The van der Waals surface area contributed by atoms with Crippen LogP contribution < -0.4 is 0 Å². The molecule has 7 heteroatoms. The molecule has 0 heterocycles. The first-order valence-electron chi connectivity index (χ1n) is 6.09. The number of alkyl halides is 5. The Hall–Kier alpha value is -2.02. The highest BCUT2D eigenvalue weighted by atomic mass is 19.4. The average molecular weight is 320 g/mol.